The zero-order valence-electron chi connectivity index (χ0n) is 15.5. The Hall–Kier alpha value is -2.53. The average molecular weight is 347 g/mol. The summed E-state index contributed by atoms with van der Waals surface area (Å²) in [6.45, 7) is 2.94. The van der Waals surface area contributed by atoms with Crippen LogP contribution in [0.3, 0.4) is 0 Å². The van der Waals surface area contributed by atoms with Crippen molar-refractivity contribution in [2.45, 2.75) is 45.2 Å². The molecule has 5 heteroatoms. The molecule has 1 aromatic carbocycles. The zero-order chi connectivity index (χ0) is 17.9. The van der Waals surface area contributed by atoms with E-state index in [1.54, 1.807) is 0 Å². The van der Waals surface area contributed by atoms with Crippen LogP contribution in [-0.4, -0.2) is 31.9 Å². The molecule has 1 aliphatic carbocycles. The van der Waals surface area contributed by atoms with E-state index in [1.165, 1.54) is 23.2 Å². The van der Waals surface area contributed by atoms with Crippen molar-refractivity contribution in [3.63, 3.8) is 0 Å². The highest BCUT2D eigenvalue weighted by atomic mass is 15.4. The molecule has 0 spiro atoms. The molecule has 0 bridgehead atoms. The van der Waals surface area contributed by atoms with Gasteiger partial charge in [-0.2, -0.15) is 0 Å². The molecule has 134 valence electrons. The zero-order valence-corrected chi connectivity index (χ0v) is 15.5. The first-order valence-electron chi connectivity index (χ1n) is 9.39. The lowest BCUT2D eigenvalue weighted by Gasteiger charge is -2.31. The number of nitrogens with zero attached hydrogens (tertiary/aromatic N) is 5. The quantitative estimate of drug-likeness (QED) is 0.705. The minimum atomic E-state index is 0.355. The predicted octanol–water partition coefficient (Wildman–Crippen LogP) is 3.73. The molecule has 26 heavy (non-hydrogen) atoms. The Labute approximate surface area is 154 Å². The van der Waals surface area contributed by atoms with Gasteiger partial charge in [-0.3, -0.25) is 9.88 Å². The van der Waals surface area contributed by atoms with Crippen molar-refractivity contribution < 1.29 is 0 Å². The number of hydrogen-bond donors (Lipinski definition) is 0. The van der Waals surface area contributed by atoms with Crippen LogP contribution >= 0.6 is 0 Å². The largest absolute Gasteiger partial charge is 0.292 e. The predicted molar refractivity (Wildman–Crippen MR) is 102 cm³/mol. The highest BCUT2D eigenvalue weighted by molar-refractivity contribution is 5.35. The summed E-state index contributed by atoms with van der Waals surface area (Å²) < 4.78 is 1.87. The van der Waals surface area contributed by atoms with Crippen molar-refractivity contribution in [3.05, 3.63) is 71.3 Å². The molecule has 0 fully saturated rings. The number of hydrogen-bond acceptors (Lipinski definition) is 4. The van der Waals surface area contributed by atoms with E-state index in [0.29, 0.717) is 6.04 Å². The summed E-state index contributed by atoms with van der Waals surface area (Å²) in [7, 11) is 2.16. The molecule has 0 radical (unpaired) electrons. The molecule has 0 saturated heterocycles. The third-order valence-corrected chi connectivity index (χ3v) is 5.23. The fourth-order valence-corrected chi connectivity index (χ4v) is 3.80. The molecule has 3 aromatic rings. The van der Waals surface area contributed by atoms with Gasteiger partial charge in [-0.15, -0.1) is 5.10 Å². The standard InChI is InChI=1S/C21H25N5/c1-3-16-7-4-10-19(13-16)26-15-18(23-24-26)14-25(2)20-11-5-8-17-9-6-12-22-21(17)20/h4,6-7,9-10,12-13,15,20H,3,5,8,11,14H2,1-2H3. The van der Waals surface area contributed by atoms with Crippen LogP contribution in [0.5, 0.6) is 0 Å². The minimum absolute atomic E-state index is 0.355. The van der Waals surface area contributed by atoms with Gasteiger partial charge in [0.1, 0.15) is 0 Å². The van der Waals surface area contributed by atoms with Gasteiger partial charge in [-0.05, 0) is 62.1 Å². The Kier molecular flexibility index (Phi) is 4.80. The normalized spacial score (nSPS) is 16.7. The fraction of sp³-hybridized carbons (Fsp3) is 0.381. The summed E-state index contributed by atoms with van der Waals surface area (Å²) in [6.07, 6.45) is 8.45. The van der Waals surface area contributed by atoms with Crippen LogP contribution in [0.2, 0.25) is 0 Å². The molecular weight excluding hydrogens is 322 g/mol. The van der Waals surface area contributed by atoms with Gasteiger partial charge in [0.15, 0.2) is 0 Å². The summed E-state index contributed by atoms with van der Waals surface area (Å²) in [4.78, 5) is 7.00. The van der Waals surface area contributed by atoms with Crippen LogP contribution < -0.4 is 0 Å². The van der Waals surface area contributed by atoms with Crippen LogP contribution in [0.25, 0.3) is 5.69 Å². The Morgan fingerprint density at radius 1 is 1.23 bits per heavy atom. The third kappa shape index (κ3) is 3.40. The number of fused-ring (bicyclic) bond motifs is 1. The maximum Gasteiger partial charge on any atom is 0.0971 e. The molecule has 1 atom stereocenters. The average Bonchev–Trinajstić information content (AvgIpc) is 3.16. The summed E-state index contributed by atoms with van der Waals surface area (Å²) in [5.41, 5.74) is 5.97. The second-order valence-electron chi connectivity index (χ2n) is 7.05. The maximum absolute atomic E-state index is 4.65. The molecule has 2 aromatic heterocycles. The van der Waals surface area contributed by atoms with Crippen molar-refractivity contribution in [2.75, 3.05) is 7.05 Å². The monoisotopic (exact) mass is 347 g/mol. The second kappa shape index (κ2) is 7.38. The van der Waals surface area contributed by atoms with Gasteiger partial charge < -0.3 is 0 Å². The van der Waals surface area contributed by atoms with E-state index in [9.17, 15) is 0 Å². The smallest absolute Gasteiger partial charge is 0.0971 e. The highest BCUT2D eigenvalue weighted by Gasteiger charge is 2.25. The number of pyridine rings is 1. The van der Waals surface area contributed by atoms with Crippen LogP contribution in [0, 0.1) is 0 Å². The maximum atomic E-state index is 4.65. The summed E-state index contributed by atoms with van der Waals surface area (Å²) in [5.74, 6) is 0. The lowest BCUT2D eigenvalue weighted by Crippen LogP contribution is -2.28. The van der Waals surface area contributed by atoms with E-state index < -0.39 is 0 Å². The van der Waals surface area contributed by atoms with Crippen LogP contribution in [0.15, 0.2) is 48.8 Å². The first-order valence-corrected chi connectivity index (χ1v) is 9.39. The van der Waals surface area contributed by atoms with Gasteiger partial charge in [-0.25, -0.2) is 4.68 Å². The van der Waals surface area contributed by atoms with Crippen molar-refractivity contribution in [2.24, 2.45) is 0 Å². The molecule has 5 nitrogen and oxygen atoms in total. The van der Waals surface area contributed by atoms with Crippen molar-refractivity contribution in [3.8, 4) is 5.69 Å². The molecule has 0 aliphatic heterocycles. The lowest BCUT2D eigenvalue weighted by atomic mass is 9.91. The highest BCUT2D eigenvalue weighted by Crippen LogP contribution is 2.32. The van der Waals surface area contributed by atoms with Crippen molar-refractivity contribution >= 4 is 0 Å². The van der Waals surface area contributed by atoms with E-state index in [-0.39, 0.29) is 0 Å². The molecule has 0 amide bonds. The molecular formula is C21H25N5. The van der Waals surface area contributed by atoms with E-state index in [2.05, 4.69) is 64.5 Å². The summed E-state index contributed by atoms with van der Waals surface area (Å²) >= 11 is 0. The Bertz CT molecular complexity index is 885. The lowest BCUT2D eigenvalue weighted by molar-refractivity contribution is 0.206. The van der Waals surface area contributed by atoms with Crippen LogP contribution in [-0.2, 0) is 19.4 Å². The van der Waals surface area contributed by atoms with Gasteiger partial charge in [0.25, 0.3) is 0 Å². The minimum Gasteiger partial charge on any atom is -0.292 e. The van der Waals surface area contributed by atoms with Gasteiger partial charge >= 0.3 is 0 Å². The molecule has 0 saturated carbocycles. The first-order chi connectivity index (χ1) is 12.7. The Balaban J connectivity index is 1.51. The molecule has 1 unspecified atom stereocenters. The number of aromatic nitrogens is 4. The Morgan fingerprint density at radius 2 is 2.15 bits per heavy atom. The van der Waals surface area contributed by atoms with Crippen molar-refractivity contribution in [1.29, 1.82) is 0 Å². The molecule has 0 N–H and O–H groups in total. The fourth-order valence-electron chi connectivity index (χ4n) is 3.80. The van der Waals surface area contributed by atoms with E-state index in [0.717, 1.165) is 37.2 Å². The van der Waals surface area contributed by atoms with E-state index in [4.69, 9.17) is 0 Å². The number of aryl methyl sites for hydroxylation is 2. The molecule has 2 heterocycles. The SMILES string of the molecule is CCc1cccc(-n2cc(CN(C)C3CCCc4cccnc43)nn2)c1. The molecule has 4 rings (SSSR count). The first kappa shape index (κ1) is 16.9. The van der Waals surface area contributed by atoms with Crippen molar-refractivity contribution in [1.82, 2.24) is 24.9 Å². The van der Waals surface area contributed by atoms with Gasteiger partial charge in [0, 0.05) is 12.7 Å². The Morgan fingerprint density at radius 3 is 3.04 bits per heavy atom. The summed E-state index contributed by atoms with van der Waals surface area (Å²) in [6, 6.07) is 13.1. The van der Waals surface area contributed by atoms with Crippen LogP contribution in [0.1, 0.15) is 48.3 Å². The third-order valence-electron chi connectivity index (χ3n) is 5.23. The number of benzene rings is 1. The number of rotatable bonds is 5. The van der Waals surface area contributed by atoms with Gasteiger partial charge in [0.2, 0.25) is 0 Å². The summed E-state index contributed by atoms with van der Waals surface area (Å²) in [5, 5.41) is 8.72. The van der Waals surface area contributed by atoms with E-state index in [1.807, 2.05) is 23.1 Å². The van der Waals surface area contributed by atoms with Crippen LogP contribution in [0.4, 0.5) is 0 Å². The van der Waals surface area contributed by atoms with E-state index >= 15 is 0 Å². The van der Waals surface area contributed by atoms with Gasteiger partial charge in [0.05, 0.1) is 29.3 Å². The van der Waals surface area contributed by atoms with Gasteiger partial charge in [-0.1, -0.05) is 30.3 Å². The topological polar surface area (TPSA) is 46.8 Å². The molecule has 1 aliphatic rings. The second-order valence-corrected chi connectivity index (χ2v) is 7.05.